The smallest absolute Gasteiger partial charge is 0.0716 e. The maximum atomic E-state index is 10.4. The van der Waals surface area contributed by atoms with Crippen LogP contribution in [0.15, 0.2) is 18.2 Å². The summed E-state index contributed by atoms with van der Waals surface area (Å²) in [5, 5.41) is 11.6. The highest BCUT2D eigenvalue weighted by Gasteiger charge is 2.55. The van der Waals surface area contributed by atoms with Gasteiger partial charge in [0.2, 0.25) is 0 Å². The number of hydrogen-bond donors (Lipinski definition) is 1. The third-order valence-corrected chi connectivity index (χ3v) is 6.08. The lowest BCUT2D eigenvalue weighted by Gasteiger charge is -2.37. The Balaban J connectivity index is 1.73. The van der Waals surface area contributed by atoms with Crippen LogP contribution in [-0.4, -0.2) is 34.7 Å². The molecule has 2 nitrogen and oxygen atoms in total. The largest absolute Gasteiger partial charge is 0.391 e. The van der Waals surface area contributed by atoms with Crippen molar-refractivity contribution in [3.63, 3.8) is 0 Å². The number of piperidine rings is 1. The van der Waals surface area contributed by atoms with Crippen molar-refractivity contribution in [2.45, 2.75) is 43.4 Å². The molecule has 19 heavy (non-hydrogen) atoms. The lowest BCUT2D eigenvalue weighted by atomic mass is 9.77. The molecule has 102 valence electrons. The average Bonchev–Trinajstić information content (AvgIpc) is 2.78. The van der Waals surface area contributed by atoms with Gasteiger partial charge >= 0.3 is 0 Å². The molecule has 0 amide bonds. The molecule has 3 saturated heterocycles. The molecule has 4 rings (SSSR count). The fourth-order valence-corrected chi connectivity index (χ4v) is 4.91. The summed E-state index contributed by atoms with van der Waals surface area (Å²) >= 11 is 12.2. The van der Waals surface area contributed by atoms with E-state index in [1.54, 1.807) is 0 Å². The summed E-state index contributed by atoms with van der Waals surface area (Å²) in [6.07, 6.45) is 3.49. The quantitative estimate of drug-likeness (QED) is 0.860. The summed E-state index contributed by atoms with van der Waals surface area (Å²) in [4.78, 5) is 2.53. The van der Waals surface area contributed by atoms with Gasteiger partial charge in [-0.25, -0.2) is 0 Å². The van der Waals surface area contributed by atoms with Gasteiger partial charge in [-0.1, -0.05) is 29.3 Å². The molecule has 0 aromatic heterocycles. The van der Waals surface area contributed by atoms with Gasteiger partial charge in [0, 0.05) is 24.5 Å². The molecule has 1 N–H and O–H groups in total. The summed E-state index contributed by atoms with van der Waals surface area (Å²) in [6, 6.07) is 7.19. The minimum Gasteiger partial charge on any atom is -0.391 e. The zero-order valence-corrected chi connectivity index (χ0v) is 12.1. The van der Waals surface area contributed by atoms with Gasteiger partial charge in [0.05, 0.1) is 16.1 Å². The predicted molar refractivity (Wildman–Crippen MR) is 76.8 cm³/mol. The van der Waals surface area contributed by atoms with Crippen LogP contribution in [0.25, 0.3) is 0 Å². The van der Waals surface area contributed by atoms with E-state index in [4.69, 9.17) is 23.2 Å². The topological polar surface area (TPSA) is 23.5 Å². The maximum Gasteiger partial charge on any atom is 0.0716 e. The van der Waals surface area contributed by atoms with Crippen LogP contribution >= 0.6 is 23.2 Å². The third-order valence-electron chi connectivity index (χ3n) is 5.34. The van der Waals surface area contributed by atoms with Crippen LogP contribution in [0.2, 0.25) is 10.0 Å². The van der Waals surface area contributed by atoms with Crippen LogP contribution in [0.4, 0.5) is 0 Å². The highest BCUT2D eigenvalue weighted by Crippen LogP contribution is 2.52. The molecule has 2 unspecified atom stereocenters. The van der Waals surface area contributed by atoms with Gasteiger partial charge in [-0.15, -0.1) is 0 Å². The standard InChI is InChI=1S/C15H17Cl2NO/c16-11-3-1-8(5-12(11)17)10-6-9-2-4-13-15(10)14(19)7-18(9)13/h1,3,5,9-10,13-15,19H,2,4,6-7H2/t9-,10-,13+,14?,15-/m0/s1. The van der Waals surface area contributed by atoms with E-state index < -0.39 is 0 Å². The second kappa shape index (κ2) is 4.36. The van der Waals surface area contributed by atoms with E-state index in [0.717, 1.165) is 13.0 Å². The van der Waals surface area contributed by atoms with Gasteiger partial charge in [0.15, 0.2) is 0 Å². The summed E-state index contributed by atoms with van der Waals surface area (Å²) < 4.78 is 0. The Morgan fingerprint density at radius 2 is 2.00 bits per heavy atom. The molecule has 4 heteroatoms. The number of hydrogen-bond acceptors (Lipinski definition) is 2. The molecule has 6 atom stereocenters. The number of nitrogens with zero attached hydrogens (tertiary/aromatic N) is 1. The first-order valence-electron chi connectivity index (χ1n) is 7.04. The molecule has 3 aliphatic heterocycles. The molecule has 3 heterocycles. The Morgan fingerprint density at radius 1 is 1.16 bits per heavy atom. The Bertz CT molecular complexity index is 521. The average molecular weight is 298 g/mol. The Hall–Kier alpha value is -0.280. The van der Waals surface area contributed by atoms with Crippen molar-refractivity contribution in [2.24, 2.45) is 5.92 Å². The first kappa shape index (κ1) is 12.5. The normalized spacial score (nSPS) is 43.7. The zero-order chi connectivity index (χ0) is 13.1. The molecular weight excluding hydrogens is 281 g/mol. The molecule has 0 aliphatic carbocycles. The van der Waals surface area contributed by atoms with E-state index in [9.17, 15) is 5.11 Å². The molecular formula is C15H17Cl2NO. The van der Waals surface area contributed by atoms with Crippen molar-refractivity contribution >= 4 is 23.2 Å². The summed E-state index contributed by atoms with van der Waals surface area (Å²) in [6.45, 7) is 0.859. The van der Waals surface area contributed by atoms with E-state index in [1.807, 2.05) is 12.1 Å². The number of rotatable bonds is 1. The lowest BCUT2D eigenvalue weighted by molar-refractivity contribution is 0.113. The van der Waals surface area contributed by atoms with Crippen LogP contribution in [0.5, 0.6) is 0 Å². The van der Waals surface area contributed by atoms with Crippen molar-refractivity contribution in [3.8, 4) is 0 Å². The maximum absolute atomic E-state index is 10.4. The molecule has 0 radical (unpaired) electrons. The molecule has 1 aromatic carbocycles. The van der Waals surface area contributed by atoms with Gasteiger partial charge in [0.25, 0.3) is 0 Å². The van der Waals surface area contributed by atoms with Gasteiger partial charge in [-0.3, -0.25) is 4.90 Å². The van der Waals surface area contributed by atoms with E-state index in [1.165, 1.54) is 18.4 Å². The van der Waals surface area contributed by atoms with Gasteiger partial charge in [-0.05, 0) is 42.9 Å². The van der Waals surface area contributed by atoms with E-state index in [2.05, 4.69) is 11.0 Å². The van der Waals surface area contributed by atoms with Crippen molar-refractivity contribution in [1.82, 2.24) is 4.90 Å². The Morgan fingerprint density at radius 3 is 2.79 bits per heavy atom. The second-order valence-electron chi connectivity index (χ2n) is 6.16. The zero-order valence-electron chi connectivity index (χ0n) is 10.6. The van der Waals surface area contributed by atoms with Crippen molar-refractivity contribution in [3.05, 3.63) is 33.8 Å². The first-order chi connectivity index (χ1) is 9.15. The van der Waals surface area contributed by atoms with Crippen molar-refractivity contribution in [2.75, 3.05) is 6.54 Å². The highest BCUT2D eigenvalue weighted by atomic mass is 35.5. The van der Waals surface area contributed by atoms with Crippen molar-refractivity contribution < 1.29 is 5.11 Å². The number of aliphatic hydroxyl groups excluding tert-OH is 1. The number of aliphatic hydroxyl groups is 1. The molecule has 3 fully saturated rings. The van der Waals surface area contributed by atoms with Crippen LogP contribution in [0, 0.1) is 5.92 Å². The van der Waals surface area contributed by atoms with Crippen molar-refractivity contribution in [1.29, 1.82) is 0 Å². The van der Waals surface area contributed by atoms with Gasteiger partial charge in [-0.2, -0.15) is 0 Å². The number of benzene rings is 1. The molecule has 1 aromatic rings. The highest BCUT2D eigenvalue weighted by molar-refractivity contribution is 6.42. The Labute approximate surface area is 123 Å². The fraction of sp³-hybridized carbons (Fsp3) is 0.600. The minimum atomic E-state index is -0.185. The predicted octanol–water partition coefficient (Wildman–Crippen LogP) is 3.30. The lowest BCUT2D eigenvalue weighted by Crippen LogP contribution is -2.41. The molecule has 0 saturated carbocycles. The number of halogens is 2. The summed E-state index contributed by atoms with van der Waals surface area (Å²) in [5.74, 6) is 0.803. The monoisotopic (exact) mass is 297 g/mol. The van der Waals surface area contributed by atoms with Gasteiger partial charge in [0.1, 0.15) is 0 Å². The summed E-state index contributed by atoms with van der Waals surface area (Å²) in [7, 11) is 0. The van der Waals surface area contributed by atoms with E-state index in [0.29, 0.717) is 34.0 Å². The van der Waals surface area contributed by atoms with Crippen LogP contribution in [0.3, 0.4) is 0 Å². The second-order valence-corrected chi connectivity index (χ2v) is 6.97. The van der Waals surface area contributed by atoms with Crippen LogP contribution < -0.4 is 0 Å². The Kier molecular flexibility index (Phi) is 2.86. The summed E-state index contributed by atoms with van der Waals surface area (Å²) in [5.41, 5.74) is 1.25. The van der Waals surface area contributed by atoms with Crippen LogP contribution in [0.1, 0.15) is 30.7 Å². The van der Waals surface area contributed by atoms with Crippen LogP contribution in [-0.2, 0) is 0 Å². The minimum absolute atomic E-state index is 0.185. The van der Waals surface area contributed by atoms with E-state index in [-0.39, 0.29) is 6.10 Å². The third kappa shape index (κ3) is 1.77. The molecule has 4 bridgehead atoms. The molecule has 3 aliphatic rings. The van der Waals surface area contributed by atoms with E-state index >= 15 is 0 Å². The molecule has 0 spiro atoms. The SMILES string of the molecule is OC1CN2[C@H]3CC[C@@H]2[C@@H]1[C@H](c1ccc(Cl)c(Cl)c1)C3. The fourth-order valence-electron chi connectivity index (χ4n) is 4.60. The van der Waals surface area contributed by atoms with Gasteiger partial charge < -0.3 is 5.11 Å². The first-order valence-corrected chi connectivity index (χ1v) is 7.79.